The summed E-state index contributed by atoms with van der Waals surface area (Å²) in [4.78, 5) is 30.3. The first-order valence-corrected chi connectivity index (χ1v) is 10.2. The van der Waals surface area contributed by atoms with Crippen molar-refractivity contribution in [2.24, 2.45) is 0 Å². The predicted octanol–water partition coefficient (Wildman–Crippen LogP) is 2.29. The Balaban J connectivity index is 1.53. The average Bonchev–Trinajstić information content (AvgIpc) is 3.36. The van der Waals surface area contributed by atoms with E-state index >= 15 is 0 Å². The lowest BCUT2D eigenvalue weighted by molar-refractivity contribution is 0.0950. The van der Waals surface area contributed by atoms with E-state index < -0.39 is 0 Å². The van der Waals surface area contributed by atoms with Gasteiger partial charge in [-0.05, 0) is 48.0 Å². The van der Waals surface area contributed by atoms with Gasteiger partial charge in [0.15, 0.2) is 0 Å². The lowest BCUT2D eigenvalue weighted by Crippen LogP contribution is -2.26. The van der Waals surface area contributed by atoms with Gasteiger partial charge in [0.25, 0.3) is 11.5 Å². The number of hydrogen-bond donors (Lipinski definition) is 1. The summed E-state index contributed by atoms with van der Waals surface area (Å²) in [5.74, 6) is 0.0914. The first kappa shape index (κ1) is 20.1. The fourth-order valence-corrected chi connectivity index (χ4v) is 3.66. The Morgan fingerprint density at radius 1 is 1.09 bits per heavy atom. The zero-order valence-corrected chi connectivity index (χ0v) is 17.3. The summed E-state index contributed by atoms with van der Waals surface area (Å²) >= 11 is 0. The quantitative estimate of drug-likeness (QED) is 0.453. The van der Waals surface area contributed by atoms with Gasteiger partial charge >= 0.3 is 0 Å². The van der Waals surface area contributed by atoms with Crippen LogP contribution in [0, 0.1) is 11.3 Å². The van der Waals surface area contributed by atoms with E-state index in [0.717, 1.165) is 11.3 Å². The second-order valence-corrected chi connectivity index (χ2v) is 7.44. The normalized spacial score (nSPS) is 10.9. The molecule has 0 atom stereocenters. The van der Waals surface area contributed by atoms with Crippen molar-refractivity contribution in [2.45, 2.75) is 13.1 Å². The van der Waals surface area contributed by atoms with E-state index in [1.54, 1.807) is 53.1 Å². The molecule has 33 heavy (non-hydrogen) atoms. The molecule has 2 aromatic carbocycles. The molecule has 1 N–H and O–H groups in total. The molecular formula is C24H17N7O2. The van der Waals surface area contributed by atoms with Gasteiger partial charge in [-0.2, -0.15) is 5.26 Å². The van der Waals surface area contributed by atoms with Crippen molar-refractivity contribution in [3.63, 3.8) is 0 Å². The maximum absolute atomic E-state index is 13.4. The highest BCUT2D eigenvalue weighted by molar-refractivity contribution is 5.98. The SMILES string of the molecule is N#Cc1ccc(Cn2c(=O)c3cc(C(=O)NCc4ccccn4)ccc3n3cnnc23)cc1. The van der Waals surface area contributed by atoms with E-state index in [-0.39, 0.29) is 24.6 Å². The van der Waals surface area contributed by atoms with Crippen molar-refractivity contribution in [3.05, 3.63) is 106 Å². The topological polar surface area (TPSA) is 118 Å². The van der Waals surface area contributed by atoms with Crippen molar-refractivity contribution >= 4 is 22.6 Å². The number of hydrogen-bond acceptors (Lipinski definition) is 6. The second kappa shape index (κ2) is 8.36. The molecular weight excluding hydrogens is 418 g/mol. The van der Waals surface area contributed by atoms with Crippen molar-refractivity contribution in [2.75, 3.05) is 0 Å². The monoisotopic (exact) mass is 435 g/mol. The highest BCUT2D eigenvalue weighted by Gasteiger charge is 2.15. The summed E-state index contributed by atoms with van der Waals surface area (Å²) in [6.45, 7) is 0.532. The lowest BCUT2D eigenvalue weighted by Gasteiger charge is -2.11. The molecule has 9 nitrogen and oxygen atoms in total. The molecule has 1 amide bonds. The maximum Gasteiger partial charge on any atom is 0.263 e. The Bertz CT molecular complexity index is 1580. The first-order chi connectivity index (χ1) is 16.1. The van der Waals surface area contributed by atoms with E-state index in [1.165, 1.54) is 10.9 Å². The van der Waals surface area contributed by atoms with Crippen LogP contribution < -0.4 is 10.9 Å². The Labute approximate surface area is 187 Å². The van der Waals surface area contributed by atoms with Crippen LogP contribution in [0.4, 0.5) is 0 Å². The van der Waals surface area contributed by atoms with Crippen LogP contribution in [-0.4, -0.2) is 30.1 Å². The minimum atomic E-state index is -0.301. The third kappa shape index (κ3) is 3.81. The first-order valence-electron chi connectivity index (χ1n) is 10.2. The summed E-state index contributed by atoms with van der Waals surface area (Å²) in [5, 5.41) is 20.3. The molecule has 0 fully saturated rings. The molecule has 0 aliphatic rings. The van der Waals surface area contributed by atoms with Gasteiger partial charge in [-0.15, -0.1) is 10.2 Å². The summed E-state index contributed by atoms with van der Waals surface area (Å²) in [5.41, 5.74) is 2.81. The zero-order valence-electron chi connectivity index (χ0n) is 17.3. The van der Waals surface area contributed by atoms with Gasteiger partial charge < -0.3 is 5.32 Å². The van der Waals surface area contributed by atoms with Crippen LogP contribution in [0.2, 0.25) is 0 Å². The van der Waals surface area contributed by atoms with Gasteiger partial charge in [0, 0.05) is 11.8 Å². The number of pyridine rings is 1. The van der Waals surface area contributed by atoms with Gasteiger partial charge in [0.2, 0.25) is 5.78 Å². The molecule has 160 valence electrons. The molecule has 0 bridgehead atoms. The minimum Gasteiger partial charge on any atom is -0.346 e. The number of carbonyl (C=O) groups is 1. The largest absolute Gasteiger partial charge is 0.346 e. The molecule has 0 saturated carbocycles. The Morgan fingerprint density at radius 3 is 2.70 bits per heavy atom. The van der Waals surface area contributed by atoms with Crippen LogP contribution in [0.15, 0.2) is 78.0 Å². The molecule has 0 saturated heterocycles. The van der Waals surface area contributed by atoms with Crippen molar-refractivity contribution in [1.29, 1.82) is 5.26 Å². The van der Waals surface area contributed by atoms with Crippen LogP contribution in [0.1, 0.15) is 27.2 Å². The fourth-order valence-electron chi connectivity index (χ4n) is 3.66. The number of fused-ring (bicyclic) bond motifs is 3. The second-order valence-electron chi connectivity index (χ2n) is 7.44. The van der Waals surface area contributed by atoms with E-state index in [4.69, 9.17) is 5.26 Å². The lowest BCUT2D eigenvalue weighted by atomic mass is 10.1. The van der Waals surface area contributed by atoms with Crippen LogP contribution >= 0.6 is 0 Å². The minimum absolute atomic E-state index is 0.249. The molecule has 5 aromatic rings. The van der Waals surface area contributed by atoms with Gasteiger partial charge in [0.1, 0.15) is 6.33 Å². The number of benzene rings is 2. The molecule has 0 aliphatic heterocycles. The number of carbonyl (C=O) groups excluding carboxylic acids is 1. The molecule has 0 spiro atoms. The number of aromatic nitrogens is 5. The Hall–Kier alpha value is -4.84. The molecule has 3 aromatic heterocycles. The maximum atomic E-state index is 13.4. The number of rotatable bonds is 5. The highest BCUT2D eigenvalue weighted by Crippen LogP contribution is 2.16. The summed E-state index contributed by atoms with van der Waals surface area (Å²) in [6.07, 6.45) is 3.20. The summed E-state index contributed by atoms with van der Waals surface area (Å²) in [6, 6.07) is 19.5. The van der Waals surface area contributed by atoms with Crippen molar-refractivity contribution in [3.8, 4) is 6.07 Å². The van der Waals surface area contributed by atoms with E-state index in [1.807, 2.05) is 18.2 Å². The zero-order chi connectivity index (χ0) is 22.8. The van der Waals surface area contributed by atoms with E-state index in [0.29, 0.717) is 27.8 Å². The Morgan fingerprint density at radius 2 is 1.94 bits per heavy atom. The van der Waals surface area contributed by atoms with Crippen LogP contribution in [0.25, 0.3) is 16.7 Å². The highest BCUT2D eigenvalue weighted by atomic mass is 16.1. The number of nitriles is 1. The average molecular weight is 435 g/mol. The van der Waals surface area contributed by atoms with Crippen molar-refractivity contribution in [1.82, 2.24) is 29.5 Å². The third-order valence-electron chi connectivity index (χ3n) is 5.34. The van der Waals surface area contributed by atoms with Crippen molar-refractivity contribution < 1.29 is 4.79 Å². The smallest absolute Gasteiger partial charge is 0.263 e. The third-order valence-corrected chi connectivity index (χ3v) is 5.34. The summed E-state index contributed by atoms with van der Waals surface area (Å²) in [7, 11) is 0. The number of nitrogens with one attached hydrogen (secondary N) is 1. The number of nitrogens with zero attached hydrogens (tertiary/aromatic N) is 6. The molecule has 0 aliphatic carbocycles. The fraction of sp³-hybridized carbons (Fsp3) is 0.0833. The van der Waals surface area contributed by atoms with E-state index in [2.05, 4.69) is 26.6 Å². The van der Waals surface area contributed by atoms with Gasteiger partial charge in [-0.1, -0.05) is 18.2 Å². The Kier molecular flexibility index (Phi) is 5.09. The summed E-state index contributed by atoms with van der Waals surface area (Å²) < 4.78 is 3.22. The van der Waals surface area contributed by atoms with Crippen LogP contribution in [0.5, 0.6) is 0 Å². The predicted molar refractivity (Wildman–Crippen MR) is 120 cm³/mol. The molecule has 9 heteroatoms. The van der Waals surface area contributed by atoms with Gasteiger partial charge in [-0.3, -0.25) is 23.5 Å². The standard InChI is InChI=1S/C24H17N7O2/c25-12-16-4-6-17(7-5-16)14-30-23(33)20-11-18(8-9-21(20)31-15-28-29-24(30)31)22(32)27-13-19-3-1-2-10-26-19/h1-11,15H,13-14H2,(H,27,32). The van der Waals surface area contributed by atoms with Gasteiger partial charge in [0.05, 0.1) is 41.3 Å². The van der Waals surface area contributed by atoms with Crippen LogP contribution in [0.3, 0.4) is 0 Å². The molecule has 5 rings (SSSR count). The molecule has 0 radical (unpaired) electrons. The number of amides is 1. The molecule has 3 heterocycles. The van der Waals surface area contributed by atoms with E-state index in [9.17, 15) is 9.59 Å². The molecule has 0 unspecified atom stereocenters. The van der Waals surface area contributed by atoms with Crippen LogP contribution in [-0.2, 0) is 13.1 Å². The van der Waals surface area contributed by atoms with Gasteiger partial charge in [-0.25, -0.2) is 0 Å².